The molecule has 3 aromatic heterocycles. The molecule has 5 aromatic rings. The van der Waals surface area contributed by atoms with Crippen molar-refractivity contribution < 1.29 is 9.53 Å². The Balaban J connectivity index is 1.21. The number of hydrogen-bond donors (Lipinski definition) is 1. The summed E-state index contributed by atoms with van der Waals surface area (Å²) >= 11 is 0. The number of hydrogen-bond acceptors (Lipinski definition) is 7. The molecule has 1 fully saturated rings. The van der Waals surface area contributed by atoms with Crippen LogP contribution in [0.15, 0.2) is 97.0 Å². The van der Waals surface area contributed by atoms with Crippen LogP contribution in [-0.4, -0.2) is 53.6 Å². The lowest BCUT2D eigenvalue weighted by Gasteiger charge is -2.46. The molecule has 44 heavy (non-hydrogen) atoms. The Morgan fingerprint density at radius 3 is 2.48 bits per heavy atom. The minimum atomic E-state index is -0.516. The molecule has 9 heteroatoms. The predicted molar refractivity (Wildman–Crippen MR) is 172 cm³/mol. The molecule has 0 radical (unpaired) electrons. The predicted octanol–water partition coefficient (Wildman–Crippen LogP) is 6.79. The molecule has 1 unspecified atom stereocenters. The van der Waals surface area contributed by atoms with Crippen LogP contribution in [0.2, 0.25) is 0 Å². The Morgan fingerprint density at radius 1 is 0.977 bits per heavy atom. The minimum Gasteiger partial charge on any atom is -0.443 e. The van der Waals surface area contributed by atoms with Crippen LogP contribution < -0.4 is 5.73 Å². The maximum Gasteiger partial charge on any atom is 0.414 e. The lowest BCUT2D eigenvalue weighted by molar-refractivity contribution is 0.0163. The number of pyridine rings is 2. The summed E-state index contributed by atoms with van der Waals surface area (Å²) in [6.07, 6.45) is 5.44. The van der Waals surface area contributed by atoms with Crippen molar-refractivity contribution in [3.05, 3.63) is 103 Å². The largest absolute Gasteiger partial charge is 0.443 e. The number of aromatic nitrogens is 4. The van der Waals surface area contributed by atoms with Crippen molar-refractivity contribution >= 4 is 23.1 Å². The molecule has 3 aliphatic rings. The molecule has 1 atom stereocenters. The summed E-state index contributed by atoms with van der Waals surface area (Å²) in [6, 6.07) is 26.7. The monoisotopic (exact) mass is 585 g/mol. The third kappa shape index (κ3) is 5.25. The lowest BCUT2D eigenvalue weighted by atomic mass is 9.97. The van der Waals surface area contributed by atoms with Crippen LogP contribution in [0.1, 0.15) is 39.2 Å². The normalized spacial score (nSPS) is 16.3. The molecule has 6 heterocycles. The van der Waals surface area contributed by atoms with Gasteiger partial charge < -0.3 is 15.4 Å². The van der Waals surface area contributed by atoms with Gasteiger partial charge in [-0.05, 0) is 75.6 Å². The van der Waals surface area contributed by atoms with E-state index >= 15 is 0 Å². The van der Waals surface area contributed by atoms with Crippen LogP contribution in [0.25, 0.3) is 39.5 Å². The zero-order valence-corrected chi connectivity index (χ0v) is 25.1. The summed E-state index contributed by atoms with van der Waals surface area (Å²) in [5.74, 6) is 1.11. The van der Waals surface area contributed by atoms with E-state index in [1.165, 1.54) is 5.56 Å². The van der Waals surface area contributed by atoms with Gasteiger partial charge in [-0.25, -0.2) is 19.7 Å². The van der Waals surface area contributed by atoms with Gasteiger partial charge in [-0.15, -0.1) is 0 Å². The highest BCUT2D eigenvalue weighted by Crippen LogP contribution is 2.34. The van der Waals surface area contributed by atoms with Crippen molar-refractivity contribution in [2.24, 2.45) is 0 Å². The number of nitrogen functional groups attached to an aromatic ring is 1. The molecule has 0 aliphatic carbocycles. The number of nitrogens with zero attached hydrogens (tertiary/aromatic N) is 6. The van der Waals surface area contributed by atoms with Crippen LogP contribution in [0.3, 0.4) is 0 Å². The highest BCUT2D eigenvalue weighted by atomic mass is 16.6. The van der Waals surface area contributed by atoms with Crippen molar-refractivity contribution in [1.82, 2.24) is 29.3 Å². The van der Waals surface area contributed by atoms with Gasteiger partial charge in [0.05, 0.1) is 11.3 Å². The summed E-state index contributed by atoms with van der Waals surface area (Å²) < 4.78 is 7.71. The van der Waals surface area contributed by atoms with E-state index in [1.54, 1.807) is 11.1 Å². The highest BCUT2D eigenvalue weighted by molar-refractivity contribution is 5.84. The molecular formula is C35H35N7O2. The number of imidazole rings is 1. The Hall–Kier alpha value is -5.18. The summed E-state index contributed by atoms with van der Waals surface area (Å²) in [7, 11) is 0. The zero-order valence-electron chi connectivity index (χ0n) is 25.1. The summed E-state index contributed by atoms with van der Waals surface area (Å²) in [5.41, 5.74) is 13.1. The third-order valence-corrected chi connectivity index (χ3v) is 8.08. The average molecular weight is 586 g/mol. The van der Waals surface area contributed by atoms with E-state index in [0.29, 0.717) is 18.2 Å². The number of rotatable bonds is 5. The second-order valence-electron chi connectivity index (χ2n) is 12.4. The molecule has 222 valence electrons. The number of carbonyl (C=O) groups excluding carboxylic acids is 1. The quantitative estimate of drug-likeness (QED) is 0.242. The Kier molecular flexibility index (Phi) is 6.80. The molecular weight excluding hydrogens is 550 g/mol. The molecule has 1 saturated heterocycles. The van der Waals surface area contributed by atoms with E-state index in [9.17, 15) is 4.79 Å². The van der Waals surface area contributed by atoms with Crippen molar-refractivity contribution in [2.45, 2.75) is 51.8 Å². The fraction of sp³-hybridized carbons (Fsp3) is 0.257. The van der Waals surface area contributed by atoms with E-state index in [1.807, 2.05) is 63.2 Å². The number of nitrogens with two attached hydrogens (primary N) is 1. The van der Waals surface area contributed by atoms with Gasteiger partial charge >= 0.3 is 6.09 Å². The van der Waals surface area contributed by atoms with E-state index in [0.717, 1.165) is 58.8 Å². The van der Waals surface area contributed by atoms with Crippen molar-refractivity contribution in [3.8, 4) is 28.3 Å². The number of carbonyl (C=O) groups is 1. The molecule has 9 nitrogen and oxygen atoms in total. The van der Waals surface area contributed by atoms with Crippen molar-refractivity contribution in [2.75, 3.05) is 12.3 Å². The number of amides is 1. The summed E-state index contributed by atoms with van der Waals surface area (Å²) in [6.45, 7) is 7.09. The van der Waals surface area contributed by atoms with E-state index in [-0.39, 0.29) is 12.1 Å². The second kappa shape index (κ2) is 10.8. The van der Waals surface area contributed by atoms with Gasteiger partial charge in [0, 0.05) is 48.5 Å². The van der Waals surface area contributed by atoms with Gasteiger partial charge in [-0.3, -0.25) is 9.47 Å². The van der Waals surface area contributed by atoms with Crippen LogP contribution in [0, 0.1) is 0 Å². The summed E-state index contributed by atoms with van der Waals surface area (Å²) in [4.78, 5) is 31.3. The molecule has 0 spiro atoms. The molecule has 3 aliphatic heterocycles. The Labute approximate surface area is 256 Å². The van der Waals surface area contributed by atoms with E-state index in [4.69, 9.17) is 20.4 Å². The van der Waals surface area contributed by atoms with Crippen LogP contribution in [-0.2, 0) is 11.3 Å². The molecule has 2 bridgehead atoms. The fourth-order valence-corrected chi connectivity index (χ4v) is 5.97. The molecule has 1 amide bonds. The first-order chi connectivity index (χ1) is 21.2. The van der Waals surface area contributed by atoms with Crippen LogP contribution in [0.4, 0.5) is 10.6 Å². The van der Waals surface area contributed by atoms with Gasteiger partial charge in [0.25, 0.3) is 0 Å². The molecule has 2 N–H and O–H groups in total. The average Bonchev–Trinajstić information content (AvgIpc) is 3.40. The topological polar surface area (TPSA) is 102 Å². The minimum absolute atomic E-state index is 0.248. The number of anilines is 1. The first kappa shape index (κ1) is 27.6. The number of ether oxygens (including phenoxy) is 1. The first-order valence-corrected chi connectivity index (χ1v) is 15.0. The van der Waals surface area contributed by atoms with Gasteiger partial charge in [-0.2, -0.15) is 0 Å². The molecule has 8 rings (SSSR count). The van der Waals surface area contributed by atoms with Crippen LogP contribution in [0.5, 0.6) is 0 Å². The Morgan fingerprint density at radius 2 is 1.77 bits per heavy atom. The highest BCUT2D eigenvalue weighted by Gasteiger charge is 2.37. The van der Waals surface area contributed by atoms with Gasteiger partial charge in [0.15, 0.2) is 11.5 Å². The zero-order chi connectivity index (χ0) is 30.4. The number of allylic oxidation sites excluding steroid dienone is 1. The molecule has 2 aromatic carbocycles. The lowest BCUT2D eigenvalue weighted by Crippen LogP contribution is -2.52. The van der Waals surface area contributed by atoms with Crippen molar-refractivity contribution in [1.29, 1.82) is 0 Å². The fourth-order valence-electron chi connectivity index (χ4n) is 5.97. The van der Waals surface area contributed by atoms with Crippen LogP contribution >= 0.6 is 0 Å². The first-order valence-electron chi connectivity index (χ1n) is 15.0. The smallest absolute Gasteiger partial charge is 0.414 e. The SMILES string of the molecule is CC(C)(C)OC(=O)N1CC2CCC1=CN2Cc1ccc(-n2c(-c3cccnc3N)nc3ccc(-c4ccccc4)nc32)cc1. The number of fused-ring (bicyclic) bond motifs is 4. The van der Waals surface area contributed by atoms with Gasteiger partial charge in [0.2, 0.25) is 0 Å². The second-order valence-corrected chi connectivity index (χ2v) is 12.4. The maximum absolute atomic E-state index is 12.8. The maximum atomic E-state index is 12.8. The van der Waals surface area contributed by atoms with E-state index in [2.05, 4.69) is 57.0 Å². The van der Waals surface area contributed by atoms with Crippen molar-refractivity contribution in [3.63, 3.8) is 0 Å². The van der Waals surface area contributed by atoms with Gasteiger partial charge in [-0.1, -0.05) is 42.5 Å². The Bertz CT molecular complexity index is 1870. The number of piperidine rings is 1. The third-order valence-electron chi connectivity index (χ3n) is 8.08. The van der Waals surface area contributed by atoms with E-state index < -0.39 is 5.60 Å². The summed E-state index contributed by atoms with van der Waals surface area (Å²) in [5, 5.41) is 0. The molecule has 0 saturated carbocycles. The van der Waals surface area contributed by atoms with Gasteiger partial charge in [0.1, 0.15) is 16.9 Å². The standard InChI is InChI=1S/C35H35N7O2/c1-35(2,3)44-34(43)41-22-26-15-16-27(41)21-40(26)20-23-11-13-25(14-12-23)42-32(28-10-7-19-37-31(28)36)39-30-18-17-29(38-33(30)42)24-8-5-4-6-9-24/h4-14,17-19,21,26H,15-16,20,22H2,1-3H3,(H2,36,37). The number of benzene rings is 2.